The molecule has 3 aromatic rings. The number of aryl methyl sites for hydroxylation is 1. The lowest BCUT2D eigenvalue weighted by Crippen LogP contribution is -1.99. The van der Waals surface area contributed by atoms with E-state index in [0.717, 1.165) is 28.3 Å². The second kappa shape index (κ2) is 5.28. The van der Waals surface area contributed by atoms with E-state index in [0.29, 0.717) is 5.69 Å². The van der Waals surface area contributed by atoms with Crippen LogP contribution in [0.4, 0.5) is 5.69 Å². The van der Waals surface area contributed by atoms with E-state index in [1.165, 1.54) is 0 Å². The molecule has 0 radical (unpaired) electrons. The number of rotatable bonds is 3. The van der Waals surface area contributed by atoms with Crippen molar-refractivity contribution in [2.75, 3.05) is 12.8 Å². The number of aromatic nitrogens is 3. The molecule has 0 amide bonds. The summed E-state index contributed by atoms with van der Waals surface area (Å²) >= 11 is 0. The molecule has 21 heavy (non-hydrogen) atoms. The average Bonchev–Trinajstić information content (AvgIpc) is 2.97. The number of nitrogens with two attached hydrogens (primary N) is 1. The van der Waals surface area contributed by atoms with Crippen LogP contribution in [0.25, 0.3) is 16.9 Å². The highest BCUT2D eigenvalue weighted by Gasteiger charge is 2.11. The van der Waals surface area contributed by atoms with Crippen LogP contribution in [0.5, 0.6) is 5.75 Å². The van der Waals surface area contributed by atoms with Gasteiger partial charge in [0.2, 0.25) is 0 Å². The van der Waals surface area contributed by atoms with E-state index in [1.54, 1.807) is 38.1 Å². The molecular formula is C16H16N4O. The molecule has 5 heteroatoms. The Bertz CT molecular complexity index is 779. The molecule has 2 heterocycles. The summed E-state index contributed by atoms with van der Waals surface area (Å²) < 4.78 is 7.28. The Morgan fingerprint density at radius 2 is 2.00 bits per heavy atom. The van der Waals surface area contributed by atoms with Gasteiger partial charge in [-0.25, -0.2) is 4.98 Å². The Labute approximate surface area is 123 Å². The lowest BCUT2D eigenvalue weighted by molar-refractivity contribution is 0.411. The number of ether oxygens (including phenoxy) is 1. The third-order valence-corrected chi connectivity index (χ3v) is 3.43. The van der Waals surface area contributed by atoms with Gasteiger partial charge in [-0.05, 0) is 36.8 Å². The Hall–Kier alpha value is -2.82. The summed E-state index contributed by atoms with van der Waals surface area (Å²) in [4.78, 5) is 8.38. The van der Waals surface area contributed by atoms with Crippen LogP contribution in [-0.2, 0) is 0 Å². The van der Waals surface area contributed by atoms with Gasteiger partial charge < -0.3 is 10.5 Å². The molecule has 5 nitrogen and oxygen atoms in total. The van der Waals surface area contributed by atoms with E-state index >= 15 is 0 Å². The number of hydrogen-bond donors (Lipinski definition) is 1. The Kier molecular flexibility index (Phi) is 3.31. The van der Waals surface area contributed by atoms with Gasteiger partial charge in [0.25, 0.3) is 0 Å². The molecule has 0 atom stereocenters. The highest BCUT2D eigenvalue weighted by Crippen LogP contribution is 2.28. The first-order chi connectivity index (χ1) is 10.2. The number of nitrogens with zero attached hydrogens (tertiary/aromatic N) is 3. The van der Waals surface area contributed by atoms with Crippen molar-refractivity contribution < 1.29 is 4.74 Å². The molecule has 2 aromatic heterocycles. The van der Waals surface area contributed by atoms with Crippen LogP contribution in [-0.4, -0.2) is 21.6 Å². The van der Waals surface area contributed by atoms with Gasteiger partial charge in [-0.1, -0.05) is 0 Å². The number of hydrogen-bond acceptors (Lipinski definition) is 4. The molecule has 0 unspecified atom stereocenters. The fourth-order valence-electron chi connectivity index (χ4n) is 2.33. The van der Waals surface area contributed by atoms with E-state index in [4.69, 9.17) is 10.5 Å². The van der Waals surface area contributed by atoms with Crippen molar-refractivity contribution in [3.63, 3.8) is 0 Å². The average molecular weight is 280 g/mol. The zero-order chi connectivity index (χ0) is 14.8. The van der Waals surface area contributed by atoms with E-state index in [1.807, 2.05) is 23.6 Å². The fraction of sp³-hybridized carbons (Fsp3) is 0.125. The number of pyridine rings is 1. The van der Waals surface area contributed by atoms with Crippen molar-refractivity contribution in [3.05, 3.63) is 54.7 Å². The van der Waals surface area contributed by atoms with Crippen molar-refractivity contribution in [2.45, 2.75) is 6.92 Å². The Balaban J connectivity index is 2.11. The van der Waals surface area contributed by atoms with Gasteiger partial charge >= 0.3 is 0 Å². The van der Waals surface area contributed by atoms with E-state index in [9.17, 15) is 0 Å². The van der Waals surface area contributed by atoms with Gasteiger partial charge in [0.1, 0.15) is 5.75 Å². The highest BCUT2D eigenvalue weighted by molar-refractivity contribution is 5.73. The largest absolute Gasteiger partial charge is 0.496 e. The number of imidazole rings is 1. The molecule has 0 aliphatic carbocycles. The van der Waals surface area contributed by atoms with Crippen LogP contribution in [0.1, 0.15) is 5.56 Å². The van der Waals surface area contributed by atoms with E-state index in [-0.39, 0.29) is 0 Å². The smallest absolute Gasteiger partial charge is 0.121 e. The van der Waals surface area contributed by atoms with Crippen molar-refractivity contribution in [3.8, 4) is 22.7 Å². The van der Waals surface area contributed by atoms with Crippen molar-refractivity contribution >= 4 is 5.69 Å². The van der Waals surface area contributed by atoms with E-state index in [2.05, 4.69) is 16.0 Å². The minimum absolute atomic E-state index is 0.678. The van der Waals surface area contributed by atoms with Crippen LogP contribution in [0.2, 0.25) is 0 Å². The monoisotopic (exact) mass is 280 g/mol. The topological polar surface area (TPSA) is 66.0 Å². The standard InChI is InChI=1S/C16H16N4O/c1-11-7-12(3-4-16(11)21-2)20-10-19-9-15(20)13-8-18-6-5-14(13)17/h3-10H,1-2H3,(H2,17,18). The predicted octanol–water partition coefficient (Wildman–Crippen LogP) is 2.83. The molecule has 0 aliphatic rings. The van der Waals surface area contributed by atoms with Crippen molar-refractivity contribution in [2.24, 2.45) is 0 Å². The van der Waals surface area contributed by atoms with Crippen molar-refractivity contribution in [1.29, 1.82) is 0 Å². The minimum Gasteiger partial charge on any atom is -0.496 e. The van der Waals surface area contributed by atoms with E-state index < -0.39 is 0 Å². The van der Waals surface area contributed by atoms with Crippen LogP contribution in [0, 0.1) is 6.92 Å². The predicted molar refractivity (Wildman–Crippen MR) is 82.5 cm³/mol. The molecule has 0 fully saturated rings. The quantitative estimate of drug-likeness (QED) is 0.801. The van der Waals surface area contributed by atoms with Gasteiger partial charge in [-0.2, -0.15) is 0 Å². The maximum absolute atomic E-state index is 6.03. The maximum atomic E-state index is 6.03. The number of nitrogen functional groups attached to an aromatic ring is 1. The maximum Gasteiger partial charge on any atom is 0.121 e. The fourth-order valence-corrected chi connectivity index (χ4v) is 2.33. The summed E-state index contributed by atoms with van der Waals surface area (Å²) in [7, 11) is 1.67. The molecule has 2 N–H and O–H groups in total. The summed E-state index contributed by atoms with van der Waals surface area (Å²) in [5, 5.41) is 0. The third-order valence-electron chi connectivity index (χ3n) is 3.43. The molecule has 0 aliphatic heterocycles. The molecule has 106 valence electrons. The SMILES string of the molecule is COc1ccc(-n2cncc2-c2cnccc2N)cc1C. The Morgan fingerprint density at radius 3 is 2.71 bits per heavy atom. The summed E-state index contributed by atoms with van der Waals surface area (Å²) in [6, 6.07) is 7.77. The first-order valence-corrected chi connectivity index (χ1v) is 6.58. The molecular weight excluding hydrogens is 264 g/mol. The molecule has 0 saturated carbocycles. The highest BCUT2D eigenvalue weighted by atomic mass is 16.5. The van der Waals surface area contributed by atoms with Gasteiger partial charge in [0.05, 0.1) is 25.3 Å². The van der Waals surface area contributed by atoms with Crippen LogP contribution in [0.15, 0.2) is 49.2 Å². The van der Waals surface area contributed by atoms with Gasteiger partial charge in [0.15, 0.2) is 0 Å². The number of anilines is 1. The molecule has 0 saturated heterocycles. The third kappa shape index (κ3) is 2.33. The lowest BCUT2D eigenvalue weighted by atomic mass is 10.1. The molecule has 1 aromatic carbocycles. The number of methoxy groups -OCH3 is 1. The summed E-state index contributed by atoms with van der Waals surface area (Å²) in [5.41, 5.74) is 10.6. The van der Waals surface area contributed by atoms with Gasteiger partial charge in [0, 0.05) is 29.3 Å². The summed E-state index contributed by atoms with van der Waals surface area (Å²) in [6.45, 7) is 2.01. The summed E-state index contributed by atoms with van der Waals surface area (Å²) in [6.07, 6.45) is 6.98. The summed E-state index contributed by atoms with van der Waals surface area (Å²) in [5.74, 6) is 0.862. The molecule has 3 rings (SSSR count). The van der Waals surface area contributed by atoms with Gasteiger partial charge in [-0.3, -0.25) is 9.55 Å². The lowest BCUT2D eigenvalue weighted by Gasteiger charge is -2.12. The first kappa shape index (κ1) is 13.2. The van der Waals surface area contributed by atoms with Gasteiger partial charge in [-0.15, -0.1) is 0 Å². The molecule has 0 bridgehead atoms. The second-order valence-corrected chi connectivity index (χ2v) is 4.77. The van der Waals surface area contributed by atoms with Crippen LogP contribution < -0.4 is 10.5 Å². The molecule has 0 spiro atoms. The van der Waals surface area contributed by atoms with Crippen LogP contribution in [0.3, 0.4) is 0 Å². The number of benzene rings is 1. The Morgan fingerprint density at radius 1 is 1.14 bits per heavy atom. The van der Waals surface area contributed by atoms with Crippen LogP contribution >= 0.6 is 0 Å². The first-order valence-electron chi connectivity index (χ1n) is 6.58. The zero-order valence-corrected chi connectivity index (χ0v) is 11.9. The van der Waals surface area contributed by atoms with Crippen molar-refractivity contribution in [1.82, 2.24) is 14.5 Å². The second-order valence-electron chi connectivity index (χ2n) is 4.77. The minimum atomic E-state index is 0.678. The normalized spacial score (nSPS) is 10.6. The zero-order valence-electron chi connectivity index (χ0n) is 11.9.